The minimum atomic E-state index is -0.995. The molecule has 2 aromatic rings. The first-order valence-corrected chi connectivity index (χ1v) is 6.40. The van der Waals surface area contributed by atoms with Crippen LogP contribution in [0.1, 0.15) is 28.6 Å². The van der Waals surface area contributed by atoms with Gasteiger partial charge in [0.2, 0.25) is 0 Å². The number of carboxylic acid groups (broad SMARTS) is 1. The number of methoxy groups -OCH3 is 1. The van der Waals surface area contributed by atoms with Crippen molar-refractivity contribution in [2.75, 3.05) is 20.3 Å². The Balaban J connectivity index is 2.61. The summed E-state index contributed by atoms with van der Waals surface area (Å²) in [6.45, 7) is 2.29. The van der Waals surface area contributed by atoms with Crippen molar-refractivity contribution in [3.05, 3.63) is 29.6 Å². The summed E-state index contributed by atoms with van der Waals surface area (Å²) >= 11 is 0. The van der Waals surface area contributed by atoms with E-state index < -0.39 is 5.97 Å². The van der Waals surface area contributed by atoms with Crippen LogP contribution in [-0.2, 0) is 4.74 Å². The maximum Gasteiger partial charge on any atom is 0.337 e. The van der Waals surface area contributed by atoms with E-state index >= 15 is 0 Å². The molecule has 0 fully saturated rings. The summed E-state index contributed by atoms with van der Waals surface area (Å²) in [5.41, 5.74) is 1.40. The van der Waals surface area contributed by atoms with E-state index in [4.69, 9.17) is 4.74 Å². The number of carbonyl (C=O) groups is 1. The summed E-state index contributed by atoms with van der Waals surface area (Å²) in [6, 6.07) is 5.01. The molecule has 20 heavy (non-hydrogen) atoms. The highest BCUT2D eigenvalue weighted by molar-refractivity contribution is 6.01. The number of para-hydroxylation sites is 1. The van der Waals surface area contributed by atoms with Gasteiger partial charge in [-0.15, -0.1) is 0 Å². The number of fused-ring (bicyclic) bond motifs is 1. The first-order valence-electron chi connectivity index (χ1n) is 6.40. The maximum atomic E-state index is 11.2. The number of hydrogen-bond acceptors (Lipinski definition) is 4. The van der Waals surface area contributed by atoms with Crippen LogP contribution in [0.2, 0.25) is 0 Å². The van der Waals surface area contributed by atoms with Gasteiger partial charge in [0, 0.05) is 13.7 Å². The van der Waals surface area contributed by atoms with Crippen molar-refractivity contribution in [2.24, 2.45) is 0 Å². The molecule has 6 nitrogen and oxygen atoms in total. The van der Waals surface area contributed by atoms with E-state index in [2.05, 4.69) is 4.98 Å². The van der Waals surface area contributed by atoms with Gasteiger partial charge in [-0.05, 0) is 25.5 Å². The van der Waals surface area contributed by atoms with Crippen molar-refractivity contribution >= 4 is 17.0 Å². The molecule has 2 rings (SSSR count). The highest BCUT2D eigenvalue weighted by atomic mass is 16.5. The molecule has 1 heterocycles. The number of aromatic nitrogens is 2. The number of aliphatic hydroxyl groups is 1. The summed E-state index contributed by atoms with van der Waals surface area (Å²) in [4.78, 5) is 15.6. The first kappa shape index (κ1) is 14.5. The van der Waals surface area contributed by atoms with Gasteiger partial charge in [0.25, 0.3) is 0 Å². The summed E-state index contributed by atoms with van der Waals surface area (Å²) in [7, 11) is 1.60. The highest BCUT2D eigenvalue weighted by Crippen LogP contribution is 2.25. The lowest BCUT2D eigenvalue weighted by molar-refractivity contribution is 0.0699. The minimum Gasteiger partial charge on any atom is -0.478 e. The van der Waals surface area contributed by atoms with Crippen molar-refractivity contribution in [3.8, 4) is 0 Å². The SMILES string of the molecule is COCC(CCO)n1c(C)nc2c(C(=O)O)cccc21. The molecule has 0 aliphatic heterocycles. The molecule has 6 heteroatoms. The fourth-order valence-electron chi connectivity index (χ4n) is 2.50. The van der Waals surface area contributed by atoms with Crippen LogP contribution in [0.5, 0.6) is 0 Å². The second-order valence-electron chi connectivity index (χ2n) is 4.63. The van der Waals surface area contributed by atoms with Gasteiger partial charge in [-0.25, -0.2) is 9.78 Å². The number of rotatable bonds is 6. The van der Waals surface area contributed by atoms with Crippen molar-refractivity contribution in [1.82, 2.24) is 9.55 Å². The van der Waals surface area contributed by atoms with Gasteiger partial charge in [-0.2, -0.15) is 0 Å². The van der Waals surface area contributed by atoms with Crippen LogP contribution in [0.15, 0.2) is 18.2 Å². The third kappa shape index (κ3) is 2.52. The molecule has 0 saturated heterocycles. The number of aliphatic hydroxyl groups excluding tert-OH is 1. The second kappa shape index (κ2) is 6.02. The molecule has 0 aliphatic rings. The number of imidazole rings is 1. The molecule has 1 aromatic heterocycles. The Labute approximate surface area is 116 Å². The molecule has 1 unspecified atom stereocenters. The van der Waals surface area contributed by atoms with E-state index in [1.807, 2.05) is 17.6 Å². The predicted molar refractivity (Wildman–Crippen MR) is 74.0 cm³/mol. The molecular formula is C14H18N2O4. The van der Waals surface area contributed by atoms with Crippen LogP contribution in [0, 0.1) is 6.92 Å². The number of hydrogen-bond donors (Lipinski definition) is 2. The van der Waals surface area contributed by atoms with E-state index in [0.717, 1.165) is 5.52 Å². The van der Waals surface area contributed by atoms with E-state index in [1.54, 1.807) is 19.2 Å². The zero-order valence-electron chi connectivity index (χ0n) is 11.5. The lowest BCUT2D eigenvalue weighted by Crippen LogP contribution is -2.17. The fourth-order valence-corrected chi connectivity index (χ4v) is 2.50. The van der Waals surface area contributed by atoms with Crippen molar-refractivity contribution in [1.29, 1.82) is 0 Å². The lowest BCUT2D eigenvalue weighted by Gasteiger charge is -2.19. The van der Waals surface area contributed by atoms with E-state index in [9.17, 15) is 15.0 Å². The topological polar surface area (TPSA) is 84.6 Å². The molecule has 2 N–H and O–H groups in total. The number of aryl methyl sites for hydroxylation is 1. The Morgan fingerprint density at radius 3 is 2.85 bits per heavy atom. The molecule has 0 aliphatic carbocycles. The molecule has 0 radical (unpaired) electrons. The zero-order valence-corrected chi connectivity index (χ0v) is 11.5. The van der Waals surface area contributed by atoms with E-state index in [0.29, 0.717) is 24.4 Å². The Hall–Kier alpha value is -1.92. The molecule has 108 valence electrons. The predicted octanol–water partition coefficient (Wildman–Crippen LogP) is 1.61. The third-order valence-electron chi connectivity index (χ3n) is 3.31. The molecule has 0 saturated carbocycles. The van der Waals surface area contributed by atoms with Gasteiger partial charge in [0.1, 0.15) is 11.3 Å². The number of ether oxygens (including phenoxy) is 1. The number of aromatic carboxylic acids is 1. The summed E-state index contributed by atoms with van der Waals surface area (Å²) in [5.74, 6) is -0.283. The monoisotopic (exact) mass is 278 g/mol. The number of carboxylic acids is 1. The number of nitrogens with zero attached hydrogens (tertiary/aromatic N) is 2. The first-order chi connectivity index (χ1) is 9.60. The van der Waals surface area contributed by atoms with Crippen LogP contribution >= 0.6 is 0 Å². The van der Waals surface area contributed by atoms with Crippen LogP contribution in [0.3, 0.4) is 0 Å². The molecule has 1 atom stereocenters. The van der Waals surface area contributed by atoms with Crippen LogP contribution in [0.4, 0.5) is 0 Å². The average Bonchev–Trinajstić information content (AvgIpc) is 2.73. The average molecular weight is 278 g/mol. The van der Waals surface area contributed by atoms with Gasteiger partial charge in [0.05, 0.1) is 23.7 Å². The van der Waals surface area contributed by atoms with E-state index in [-0.39, 0.29) is 18.2 Å². The van der Waals surface area contributed by atoms with Crippen LogP contribution in [0.25, 0.3) is 11.0 Å². The minimum absolute atomic E-state index is 0.0335. The quantitative estimate of drug-likeness (QED) is 0.838. The van der Waals surface area contributed by atoms with E-state index in [1.165, 1.54) is 0 Å². The molecule has 0 spiro atoms. The summed E-state index contributed by atoms with van der Waals surface area (Å²) < 4.78 is 7.12. The third-order valence-corrected chi connectivity index (χ3v) is 3.31. The summed E-state index contributed by atoms with van der Waals surface area (Å²) in [6.07, 6.45) is 0.525. The Bertz CT molecular complexity index is 615. The standard InChI is InChI=1S/C14H18N2O4/c1-9-15-13-11(14(18)19)4-3-5-12(13)16(9)10(6-7-17)8-20-2/h3-5,10,17H,6-8H2,1-2H3,(H,18,19). The van der Waals surface area contributed by atoms with Crippen molar-refractivity contribution in [2.45, 2.75) is 19.4 Å². The maximum absolute atomic E-state index is 11.2. The lowest BCUT2D eigenvalue weighted by atomic mass is 10.1. The Morgan fingerprint density at radius 2 is 2.25 bits per heavy atom. The van der Waals surface area contributed by atoms with Crippen molar-refractivity contribution in [3.63, 3.8) is 0 Å². The van der Waals surface area contributed by atoms with Crippen molar-refractivity contribution < 1.29 is 19.7 Å². The van der Waals surface area contributed by atoms with Crippen LogP contribution in [-0.4, -0.2) is 46.1 Å². The second-order valence-corrected chi connectivity index (χ2v) is 4.63. The summed E-state index contributed by atoms with van der Waals surface area (Å²) in [5, 5.41) is 18.4. The van der Waals surface area contributed by atoms with Crippen LogP contribution < -0.4 is 0 Å². The van der Waals surface area contributed by atoms with Gasteiger partial charge >= 0.3 is 5.97 Å². The number of benzene rings is 1. The smallest absolute Gasteiger partial charge is 0.337 e. The van der Waals surface area contributed by atoms with Gasteiger partial charge in [-0.1, -0.05) is 6.07 Å². The zero-order chi connectivity index (χ0) is 14.7. The molecule has 0 amide bonds. The largest absolute Gasteiger partial charge is 0.478 e. The fraction of sp³-hybridized carbons (Fsp3) is 0.429. The van der Waals surface area contributed by atoms with Gasteiger partial charge in [-0.3, -0.25) is 0 Å². The van der Waals surface area contributed by atoms with Gasteiger partial charge < -0.3 is 19.5 Å². The normalized spacial score (nSPS) is 12.8. The molecular weight excluding hydrogens is 260 g/mol. The Kier molecular flexibility index (Phi) is 4.36. The van der Waals surface area contributed by atoms with Gasteiger partial charge in [0.15, 0.2) is 0 Å². The Morgan fingerprint density at radius 1 is 1.50 bits per heavy atom. The molecule has 0 bridgehead atoms. The molecule has 1 aromatic carbocycles. The highest BCUT2D eigenvalue weighted by Gasteiger charge is 2.20.